The molecule has 3 rings (SSSR count). The molecule has 0 heterocycles. The number of nitrogens with one attached hydrogen (secondary N) is 2. The number of hydrogen-bond acceptors (Lipinski definition) is 4. The van der Waals surface area contributed by atoms with Crippen LogP contribution in [0.2, 0.25) is 0 Å². The molecule has 4 nitrogen and oxygen atoms in total. The number of para-hydroxylation sites is 2. The van der Waals surface area contributed by atoms with Crippen LogP contribution in [0.15, 0.2) is 94.4 Å². The van der Waals surface area contributed by atoms with E-state index < -0.39 is 0 Å². The molecule has 0 unspecified atom stereocenters. The van der Waals surface area contributed by atoms with E-state index in [0.717, 1.165) is 33.7 Å². The number of anilines is 2. The van der Waals surface area contributed by atoms with Crippen molar-refractivity contribution in [2.75, 3.05) is 10.6 Å². The molecule has 0 atom stereocenters. The molecule has 0 fully saturated rings. The standard InChI is InChI=1S/C36H48N2O2.Zn/c1-33(2,3)25-17-23(31(39)27(19-25)35(7,8)9)21-37-29-15-13-14-16-30(29)38-22-24-18-26(34(4,5)6)20-28(32(24)40)36(10,11)12;/h13-22,37-38H,1-12H3;/b23-21-,24-22-;. The molecule has 2 N–H and O–H groups in total. The molecule has 0 aliphatic heterocycles. The van der Waals surface area contributed by atoms with Gasteiger partial charge in [0.2, 0.25) is 0 Å². The molecule has 0 saturated carbocycles. The van der Waals surface area contributed by atoms with Gasteiger partial charge in [0.05, 0.1) is 11.4 Å². The summed E-state index contributed by atoms with van der Waals surface area (Å²) < 4.78 is 0. The summed E-state index contributed by atoms with van der Waals surface area (Å²) in [4.78, 5) is 26.9. The van der Waals surface area contributed by atoms with Crippen LogP contribution >= 0.6 is 0 Å². The van der Waals surface area contributed by atoms with Crippen molar-refractivity contribution in [3.05, 3.63) is 94.4 Å². The number of benzene rings is 1. The Balaban J connectivity index is 0.00000588. The van der Waals surface area contributed by atoms with Gasteiger partial charge >= 0.3 is 0 Å². The largest absolute Gasteiger partial charge is 0.359 e. The summed E-state index contributed by atoms with van der Waals surface area (Å²) in [7, 11) is 0. The molecule has 2 aliphatic carbocycles. The summed E-state index contributed by atoms with van der Waals surface area (Å²) in [6.07, 6.45) is 11.7. The number of Topliss-reactive ketones (excluding diaryl/α,β-unsaturated/α-hetero) is 2. The van der Waals surface area contributed by atoms with Gasteiger partial charge in [-0.05, 0) is 57.1 Å². The van der Waals surface area contributed by atoms with Crippen molar-refractivity contribution in [3.63, 3.8) is 0 Å². The van der Waals surface area contributed by atoms with E-state index in [4.69, 9.17) is 0 Å². The average molecular weight is 606 g/mol. The predicted molar refractivity (Wildman–Crippen MR) is 170 cm³/mol. The van der Waals surface area contributed by atoms with Crippen LogP contribution in [0.1, 0.15) is 83.1 Å². The zero-order chi connectivity index (χ0) is 30.3. The second kappa shape index (κ2) is 12.2. The van der Waals surface area contributed by atoms with Gasteiger partial charge in [-0.15, -0.1) is 0 Å². The topological polar surface area (TPSA) is 58.2 Å². The Labute approximate surface area is 261 Å². The Bertz CT molecular complexity index is 1280. The van der Waals surface area contributed by atoms with Crippen LogP contribution in [-0.2, 0) is 29.1 Å². The van der Waals surface area contributed by atoms with Crippen molar-refractivity contribution in [3.8, 4) is 0 Å². The third kappa shape index (κ3) is 8.38. The summed E-state index contributed by atoms with van der Waals surface area (Å²) in [6, 6.07) is 7.81. The molecular formula is C36H48N2O2Zn. The number of carbonyl (C=O) groups excluding carboxylic acids is 2. The smallest absolute Gasteiger partial charge is 0.191 e. The number of allylic oxidation sites excluding steroid dienone is 10. The first kappa shape index (κ1) is 34.4. The van der Waals surface area contributed by atoms with Crippen molar-refractivity contribution in [1.29, 1.82) is 0 Å². The van der Waals surface area contributed by atoms with E-state index in [1.807, 2.05) is 36.4 Å². The van der Waals surface area contributed by atoms with Gasteiger partial charge in [-0.1, -0.05) is 107 Å². The van der Waals surface area contributed by atoms with Crippen LogP contribution < -0.4 is 10.6 Å². The maximum Gasteiger partial charge on any atom is 0.191 e. The Morgan fingerprint density at radius 2 is 0.829 bits per heavy atom. The normalized spacial score (nSPS) is 18.8. The van der Waals surface area contributed by atoms with E-state index in [9.17, 15) is 9.59 Å². The van der Waals surface area contributed by atoms with E-state index in [2.05, 4.69) is 106 Å². The maximum absolute atomic E-state index is 13.4. The first-order valence-corrected chi connectivity index (χ1v) is 14.2. The minimum Gasteiger partial charge on any atom is -0.359 e. The van der Waals surface area contributed by atoms with Crippen molar-refractivity contribution < 1.29 is 29.1 Å². The summed E-state index contributed by atoms with van der Waals surface area (Å²) in [5.74, 6) is 0.0735. The molecule has 0 bridgehead atoms. The van der Waals surface area contributed by atoms with E-state index in [0.29, 0.717) is 11.1 Å². The molecule has 0 aromatic heterocycles. The van der Waals surface area contributed by atoms with Crippen molar-refractivity contribution in [2.45, 2.75) is 83.1 Å². The van der Waals surface area contributed by atoms with Crippen LogP contribution in [0.4, 0.5) is 11.4 Å². The van der Waals surface area contributed by atoms with Gasteiger partial charge in [-0.25, -0.2) is 0 Å². The van der Waals surface area contributed by atoms with Crippen molar-refractivity contribution >= 4 is 22.9 Å². The molecule has 216 valence electrons. The van der Waals surface area contributed by atoms with Gasteiger partial charge in [0.25, 0.3) is 0 Å². The first-order chi connectivity index (χ1) is 18.2. The monoisotopic (exact) mass is 604 g/mol. The molecule has 1 aromatic carbocycles. The quantitative estimate of drug-likeness (QED) is 0.265. The van der Waals surface area contributed by atoms with E-state index in [-0.39, 0.29) is 52.7 Å². The van der Waals surface area contributed by atoms with Crippen LogP contribution in [0.25, 0.3) is 0 Å². The van der Waals surface area contributed by atoms with Gasteiger partial charge in [-0.2, -0.15) is 0 Å². The van der Waals surface area contributed by atoms with Crippen molar-refractivity contribution in [2.24, 2.45) is 21.7 Å². The summed E-state index contributed by atoms with van der Waals surface area (Å²) >= 11 is 0. The average Bonchev–Trinajstić information content (AvgIpc) is 2.80. The summed E-state index contributed by atoms with van der Waals surface area (Å²) in [5.41, 5.74) is 6.05. The Morgan fingerprint density at radius 3 is 1.10 bits per heavy atom. The fourth-order valence-corrected chi connectivity index (χ4v) is 4.54. The predicted octanol–water partition coefficient (Wildman–Crippen LogP) is 9.33. The van der Waals surface area contributed by atoms with Gasteiger partial charge in [0.1, 0.15) is 0 Å². The third-order valence-electron chi connectivity index (χ3n) is 7.28. The molecule has 0 amide bonds. The van der Waals surface area contributed by atoms with Gasteiger partial charge in [-0.3, -0.25) is 9.59 Å². The molecule has 2 aliphatic rings. The number of hydrogen-bond donors (Lipinski definition) is 2. The summed E-state index contributed by atoms with van der Waals surface area (Å²) in [5, 5.41) is 6.73. The zero-order valence-electron chi connectivity index (χ0n) is 27.3. The number of rotatable bonds is 4. The molecule has 41 heavy (non-hydrogen) atoms. The fourth-order valence-electron chi connectivity index (χ4n) is 4.54. The van der Waals surface area contributed by atoms with Crippen LogP contribution in [0.5, 0.6) is 0 Å². The van der Waals surface area contributed by atoms with Crippen LogP contribution in [0, 0.1) is 21.7 Å². The molecule has 5 heteroatoms. The SMILES string of the molecule is CC(C)(C)C1=C/C(=C/Nc2ccccc2N/C=C2/C=C(C(C)(C)C)C=C(C(C)(C)C)C2=O)C(=O)C(C(C)(C)C)=C1.[Zn]. The number of carbonyl (C=O) groups is 2. The Hall–Kier alpha value is -2.78. The fraction of sp³-hybridized carbons (Fsp3) is 0.444. The van der Waals surface area contributed by atoms with Crippen LogP contribution in [-0.4, -0.2) is 11.6 Å². The van der Waals surface area contributed by atoms with E-state index >= 15 is 0 Å². The Kier molecular flexibility index (Phi) is 10.3. The molecule has 0 radical (unpaired) electrons. The second-order valence-electron chi connectivity index (χ2n) is 15.0. The zero-order valence-corrected chi connectivity index (χ0v) is 30.3. The van der Waals surface area contributed by atoms with Gasteiger partial charge < -0.3 is 10.6 Å². The van der Waals surface area contributed by atoms with Gasteiger partial charge in [0.15, 0.2) is 11.6 Å². The summed E-state index contributed by atoms with van der Waals surface area (Å²) in [6.45, 7) is 25.4. The first-order valence-electron chi connectivity index (χ1n) is 14.2. The van der Waals surface area contributed by atoms with Crippen molar-refractivity contribution in [1.82, 2.24) is 0 Å². The molecule has 1 aromatic rings. The van der Waals surface area contributed by atoms with E-state index in [1.165, 1.54) is 0 Å². The third-order valence-corrected chi connectivity index (χ3v) is 7.28. The second-order valence-corrected chi connectivity index (χ2v) is 15.0. The minimum atomic E-state index is -0.265. The number of ketones is 2. The Morgan fingerprint density at radius 1 is 0.512 bits per heavy atom. The molecular weight excluding hydrogens is 558 g/mol. The molecule has 0 spiro atoms. The van der Waals surface area contributed by atoms with Crippen LogP contribution in [0.3, 0.4) is 0 Å². The molecule has 0 saturated heterocycles. The maximum atomic E-state index is 13.4. The van der Waals surface area contributed by atoms with Gasteiger partial charge in [0, 0.05) is 54.2 Å². The minimum absolute atomic E-state index is 0. The van der Waals surface area contributed by atoms with E-state index in [1.54, 1.807) is 12.4 Å².